The third-order valence-electron chi connectivity index (χ3n) is 4.81. The fourth-order valence-electron chi connectivity index (χ4n) is 3.19. The Hall–Kier alpha value is -2.47. The summed E-state index contributed by atoms with van der Waals surface area (Å²) in [7, 11) is 0. The molecule has 0 aromatic heterocycles. The van der Waals surface area contributed by atoms with Gasteiger partial charge in [-0.15, -0.1) is 11.8 Å². The van der Waals surface area contributed by atoms with Crippen LogP contribution in [0.15, 0.2) is 53.4 Å². The van der Waals surface area contributed by atoms with Gasteiger partial charge in [0.05, 0.1) is 11.3 Å². The van der Waals surface area contributed by atoms with Gasteiger partial charge in [-0.05, 0) is 49.1 Å². The minimum Gasteiger partial charge on any atom is -0.490 e. The van der Waals surface area contributed by atoms with Gasteiger partial charge in [0.25, 0.3) is 0 Å². The van der Waals surface area contributed by atoms with Crippen LogP contribution in [0.4, 0.5) is 0 Å². The van der Waals surface area contributed by atoms with Gasteiger partial charge in [0, 0.05) is 18.0 Å². The minimum atomic E-state index is -0.396. The Morgan fingerprint density at radius 1 is 1.03 bits per heavy atom. The van der Waals surface area contributed by atoms with Gasteiger partial charge in [-0.1, -0.05) is 31.2 Å². The molecular weight excluding hydrogens is 386 g/mol. The van der Waals surface area contributed by atoms with Crippen molar-refractivity contribution < 1.29 is 19.1 Å². The topological polar surface area (TPSA) is 55.8 Å². The number of nitrogens with zero attached hydrogens (tertiary/aromatic N) is 1. The van der Waals surface area contributed by atoms with Crippen LogP contribution in [0.3, 0.4) is 0 Å². The Kier molecular flexibility index (Phi) is 7.99. The van der Waals surface area contributed by atoms with Crippen molar-refractivity contribution in [3.05, 3.63) is 59.7 Å². The molecule has 154 valence electrons. The molecule has 1 aliphatic rings. The maximum Gasteiger partial charge on any atom is 0.339 e. The number of ether oxygens (including phenoxy) is 2. The summed E-state index contributed by atoms with van der Waals surface area (Å²) < 4.78 is 11.0. The van der Waals surface area contributed by atoms with Crippen LogP contribution in [-0.4, -0.2) is 48.8 Å². The number of hydrogen-bond donors (Lipinski definition) is 0. The predicted molar refractivity (Wildman–Crippen MR) is 115 cm³/mol. The molecule has 0 aliphatic carbocycles. The second-order valence-electron chi connectivity index (χ2n) is 6.86. The lowest BCUT2D eigenvalue weighted by atomic mass is 10.2. The zero-order chi connectivity index (χ0) is 20.5. The van der Waals surface area contributed by atoms with E-state index < -0.39 is 5.97 Å². The fraction of sp³-hybridized carbons (Fsp3) is 0.391. The van der Waals surface area contributed by atoms with E-state index in [1.807, 2.05) is 35.2 Å². The SMILES string of the molecule is CCc1cccc(OCCOC(=O)c2ccccc2SCC(=O)N2CCCC2)c1. The van der Waals surface area contributed by atoms with E-state index in [4.69, 9.17) is 9.47 Å². The molecule has 0 N–H and O–H groups in total. The molecule has 0 radical (unpaired) electrons. The van der Waals surface area contributed by atoms with E-state index in [1.54, 1.807) is 12.1 Å². The van der Waals surface area contributed by atoms with E-state index in [0.29, 0.717) is 17.9 Å². The summed E-state index contributed by atoms with van der Waals surface area (Å²) in [5.74, 6) is 0.837. The first-order valence-corrected chi connectivity index (χ1v) is 11.0. The van der Waals surface area contributed by atoms with E-state index in [9.17, 15) is 9.59 Å². The summed E-state index contributed by atoms with van der Waals surface area (Å²) in [4.78, 5) is 27.4. The number of benzene rings is 2. The third-order valence-corrected chi connectivity index (χ3v) is 5.87. The molecule has 5 nitrogen and oxygen atoms in total. The Morgan fingerprint density at radius 2 is 1.83 bits per heavy atom. The first-order chi connectivity index (χ1) is 14.2. The van der Waals surface area contributed by atoms with Crippen molar-refractivity contribution in [3.63, 3.8) is 0 Å². The smallest absolute Gasteiger partial charge is 0.339 e. The molecule has 0 bridgehead atoms. The molecule has 1 fully saturated rings. The third kappa shape index (κ3) is 6.26. The van der Waals surface area contributed by atoms with Gasteiger partial charge in [0.1, 0.15) is 19.0 Å². The van der Waals surface area contributed by atoms with E-state index >= 15 is 0 Å². The van der Waals surface area contributed by atoms with Gasteiger partial charge in [-0.25, -0.2) is 4.79 Å². The van der Waals surface area contributed by atoms with Crippen LogP contribution in [-0.2, 0) is 16.0 Å². The predicted octanol–water partition coefficient (Wildman–Crippen LogP) is 4.20. The van der Waals surface area contributed by atoms with Crippen LogP contribution in [0, 0.1) is 0 Å². The molecule has 0 saturated carbocycles. The lowest BCUT2D eigenvalue weighted by Crippen LogP contribution is -2.29. The quantitative estimate of drug-likeness (QED) is 0.350. The van der Waals surface area contributed by atoms with Gasteiger partial charge in [0.2, 0.25) is 5.91 Å². The fourth-order valence-corrected chi connectivity index (χ4v) is 4.13. The second-order valence-corrected chi connectivity index (χ2v) is 7.88. The first kappa shape index (κ1) is 21.2. The largest absolute Gasteiger partial charge is 0.490 e. The van der Waals surface area contributed by atoms with Crippen molar-refractivity contribution in [2.24, 2.45) is 0 Å². The van der Waals surface area contributed by atoms with Crippen LogP contribution in [0.1, 0.15) is 35.7 Å². The van der Waals surface area contributed by atoms with Crippen LogP contribution in [0.5, 0.6) is 5.75 Å². The minimum absolute atomic E-state index is 0.124. The number of esters is 1. The summed E-state index contributed by atoms with van der Waals surface area (Å²) in [6, 6.07) is 15.1. The molecule has 0 atom stereocenters. The average molecular weight is 414 g/mol. The van der Waals surface area contributed by atoms with Crippen molar-refractivity contribution in [1.29, 1.82) is 0 Å². The van der Waals surface area contributed by atoms with Crippen molar-refractivity contribution in [1.82, 2.24) is 4.90 Å². The van der Waals surface area contributed by atoms with Crippen LogP contribution >= 0.6 is 11.8 Å². The van der Waals surface area contributed by atoms with E-state index in [1.165, 1.54) is 17.3 Å². The highest BCUT2D eigenvalue weighted by Gasteiger charge is 2.19. The van der Waals surface area contributed by atoms with Crippen LogP contribution in [0.25, 0.3) is 0 Å². The molecule has 1 amide bonds. The molecule has 1 aliphatic heterocycles. The zero-order valence-electron chi connectivity index (χ0n) is 16.8. The normalized spacial score (nSPS) is 13.3. The maximum atomic E-state index is 12.5. The number of carbonyl (C=O) groups excluding carboxylic acids is 2. The van der Waals surface area contributed by atoms with Crippen molar-refractivity contribution >= 4 is 23.6 Å². The molecular formula is C23H27NO4S. The lowest BCUT2D eigenvalue weighted by Gasteiger charge is -2.15. The number of carbonyl (C=O) groups is 2. The molecule has 0 unspecified atom stereocenters. The highest BCUT2D eigenvalue weighted by Crippen LogP contribution is 2.24. The van der Waals surface area contributed by atoms with Gasteiger partial charge in [-0.2, -0.15) is 0 Å². The van der Waals surface area contributed by atoms with Crippen LogP contribution in [0.2, 0.25) is 0 Å². The van der Waals surface area contributed by atoms with Crippen molar-refractivity contribution in [3.8, 4) is 5.75 Å². The summed E-state index contributed by atoms with van der Waals surface area (Å²) in [5, 5.41) is 0. The Labute approximate surface area is 176 Å². The second kappa shape index (κ2) is 10.9. The highest BCUT2D eigenvalue weighted by molar-refractivity contribution is 8.00. The van der Waals surface area contributed by atoms with E-state index in [0.717, 1.165) is 43.0 Å². The molecule has 3 rings (SSSR count). The van der Waals surface area contributed by atoms with Crippen LogP contribution < -0.4 is 4.74 Å². The number of rotatable bonds is 9. The van der Waals surface area contributed by atoms with Crippen molar-refractivity contribution in [2.45, 2.75) is 31.1 Å². The maximum absolute atomic E-state index is 12.5. The number of thioether (sulfide) groups is 1. The lowest BCUT2D eigenvalue weighted by molar-refractivity contribution is -0.127. The average Bonchev–Trinajstić information content (AvgIpc) is 3.30. The van der Waals surface area contributed by atoms with Gasteiger partial charge >= 0.3 is 5.97 Å². The summed E-state index contributed by atoms with van der Waals surface area (Å²) in [5.41, 5.74) is 1.69. The van der Waals surface area contributed by atoms with Gasteiger partial charge in [-0.3, -0.25) is 4.79 Å². The Balaban J connectivity index is 1.48. The Bertz CT molecular complexity index is 833. The van der Waals surface area contributed by atoms with Crippen molar-refractivity contribution in [2.75, 3.05) is 32.1 Å². The summed E-state index contributed by atoms with van der Waals surface area (Å²) >= 11 is 1.39. The molecule has 2 aromatic carbocycles. The van der Waals surface area contributed by atoms with Gasteiger partial charge < -0.3 is 14.4 Å². The monoisotopic (exact) mass is 413 g/mol. The first-order valence-electron chi connectivity index (χ1n) is 10.1. The number of amides is 1. The molecule has 29 heavy (non-hydrogen) atoms. The highest BCUT2D eigenvalue weighted by atomic mass is 32.2. The van der Waals surface area contributed by atoms with E-state index in [2.05, 4.69) is 13.0 Å². The summed E-state index contributed by atoms with van der Waals surface area (Å²) in [6.45, 7) is 4.23. The van der Waals surface area contributed by atoms with Gasteiger partial charge in [0.15, 0.2) is 0 Å². The number of aryl methyl sites for hydroxylation is 1. The number of likely N-dealkylation sites (tertiary alicyclic amines) is 1. The summed E-state index contributed by atoms with van der Waals surface area (Å²) in [6.07, 6.45) is 3.09. The molecule has 0 spiro atoms. The number of hydrogen-bond acceptors (Lipinski definition) is 5. The molecule has 1 saturated heterocycles. The molecule has 1 heterocycles. The molecule has 2 aromatic rings. The Morgan fingerprint density at radius 3 is 2.62 bits per heavy atom. The molecule has 6 heteroatoms. The standard InChI is InChI=1S/C23H27NO4S/c1-2-18-8-7-9-19(16-18)27-14-15-28-23(26)20-10-3-4-11-21(20)29-17-22(25)24-12-5-6-13-24/h3-4,7-11,16H,2,5-6,12-15,17H2,1H3. The van der Waals surface area contributed by atoms with E-state index in [-0.39, 0.29) is 12.5 Å². The zero-order valence-corrected chi connectivity index (χ0v) is 17.6.